The van der Waals surface area contributed by atoms with Crippen molar-refractivity contribution in [2.45, 2.75) is 6.42 Å². The first-order valence-corrected chi connectivity index (χ1v) is 6.66. The molecular weight excluding hydrogens is 250 g/mol. The summed E-state index contributed by atoms with van der Waals surface area (Å²) in [6, 6.07) is 17.5. The fraction of sp³-hybridized carbons (Fsp3) is 0.235. The fourth-order valence-corrected chi connectivity index (χ4v) is 1.93. The van der Waals surface area contributed by atoms with E-state index in [1.54, 1.807) is 25.1 Å². The molecule has 2 aromatic rings. The summed E-state index contributed by atoms with van der Waals surface area (Å²) in [5.41, 5.74) is 1.83. The van der Waals surface area contributed by atoms with Gasteiger partial charge in [-0.15, -0.1) is 0 Å². The van der Waals surface area contributed by atoms with Gasteiger partial charge in [0.15, 0.2) is 0 Å². The summed E-state index contributed by atoms with van der Waals surface area (Å²) in [6.07, 6.45) is 0.825. The lowest BCUT2D eigenvalue weighted by Gasteiger charge is -2.14. The summed E-state index contributed by atoms with van der Waals surface area (Å²) in [6.45, 7) is 0.557. The number of hydrogen-bond acceptors (Lipinski definition) is 2. The molecule has 0 atom stereocenters. The van der Waals surface area contributed by atoms with Gasteiger partial charge in [0.25, 0.3) is 5.91 Å². The van der Waals surface area contributed by atoms with Crippen LogP contribution in [0.25, 0.3) is 0 Å². The van der Waals surface area contributed by atoms with E-state index in [1.165, 1.54) is 5.56 Å². The van der Waals surface area contributed by atoms with Gasteiger partial charge in [0.2, 0.25) is 0 Å². The molecule has 0 fully saturated rings. The second-order valence-electron chi connectivity index (χ2n) is 4.78. The number of ether oxygens (including phenoxy) is 1. The molecule has 0 unspecified atom stereocenters. The van der Waals surface area contributed by atoms with Crippen LogP contribution in [0.3, 0.4) is 0 Å². The number of carbonyl (C=O) groups is 1. The summed E-state index contributed by atoms with van der Waals surface area (Å²) in [5, 5.41) is 0. The highest BCUT2D eigenvalue weighted by Crippen LogP contribution is 2.19. The zero-order valence-electron chi connectivity index (χ0n) is 11.9. The minimum Gasteiger partial charge on any atom is -0.492 e. The van der Waals surface area contributed by atoms with Crippen molar-refractivity contribution >= 4 is 5.91 Å². The summed E-state index contributed by atoms with van der Waals surface area (Å²) >= 11 is 0. The van der Waals surface area contributed by atoms with Gasteiger partial charge in [-0.3, -0.25) is 4.79 Å². The first kappa shape index (κ1) is 14.1. The molecule has 0 saturated heterocycles. The van der Waals surface area contributed by atoms with Crippen LogP contribution in [0.15, 0.2) is 54.6 Å². The van der Waals surface area contributed by atoms with Gasteiger partial charge in [-0.2, -0.15) is 0 Å². The Morgan fingerprint density at radius 1 is 1.00 bits per heavy atom. The van der Waals surface area contributed by atoms with Gasteiger partial charge in [-0.1, -0.05) is 42.5 Å². The average molecular weight is 269 g/mol. The van der Waals surface area contributed by atoms with Gasteiger partial charge in [0.05, 0.1) is 12.2 Å². The Morgan fingerprint density at radius 2 is 1.65 bits per heavy atom. The number of nitrogens with zero attached hydrogens (tertiary/aromatic N) is 1. The van der Waals surface area contributed by atoms with Crippen molar-refractivity contribution in [2.24, 2.45) is 0 Å². The standard InChI is InChI=1S/C17H19NO2/c1-18(2)17(19)15-10-6-7-11-16(15)20-13-12-14-8-4-3-5-9-14/h3-11H,12-13H2,1-2H3. The van der Waals surface area contributed by atoms with Crippen LogP contribution in [-0.4, -0.2) is 31.5 Å². The highest BCUT2D eigenvalue weighted by molar-refractivity contribution is 5.96. The third-order valence-electron chi connectivity index (χ3n) is 3.01. The van der Waals surface area contributed by atoms with E-state index in [1.807, 2.05) is 36.4 Å². The maximum atomic E-state index is 12.0. The molecule has 104 valence electrons. The first-order chi connectivity index (χ1) is 9.68. The molecule has 0 saturated carbocycles. The molecule has 0 bridgehead atoms. The van der Waals surface area contributed by atoms with E-state index in [9.17, 15) is 4.79 Å². The van der Waals surface area contributed by atoms with Crippen LogP contribution in [0.5, 0.6) is 5.75 Å². The molecule has 3 heteroatoms. The second-order valence-corrected chi connectivity index (χ2v) is 4.78. The zero-order valence-corrected chi connectivity index (χ0v) is 11.9. The van der Waals surface area contributed by atoms with Crippen LogP contribution < -0.4 is 4.74 Å². The van der Waals surface area contributed by atoms with Crippen molar-refractivity contribution < 1.29 is 9.53 Å². The minimum absolute atomic E-state index is 0.0414. The molecule has 20 heavy (non-hydrogen) atoms. The molecule has 2 aromatic carbocycles. The van der Waals surface area contributed by atoms with Crippen LogP contribution in [0.2, 0.25) is 0 Å². The van der Waals surface area contributed by atoms with E-state index in [4.69, 9.17) is 4.74 Å². The van der Waals surface area contributed by atoms with Crippen molar-refractivity contribution in [3.05, 3.63) is 65.7 Å². The Bertz CT molecular complexity index is 564. The molecule has 0 aromatic heterocycles. The molecule has 0 aliphatic carbocycles. The lowest BCUT2D eigenvalue weighted by Crippen LogP contribution is -2.22. The maximum absolute atomic E-state index is 12.0. The quantitative estimate of drug-likeness (QED) is 0.835. The van der Waals surface area contributed by atoms with Crippen LogP contribution in [-0.2, 0) is 6.42 Å². The number of hydrogen-bond donors (Lipinski definition) is 0. The Kier molecular flexibility index (Phi) is 4.77. The predicted octanol–water partition coefficient (Wildman–Crippen LogP) is 3.01. The van der Waals surface area contributed by atoms with Crippen LogP contribution in [0.4, 0.5) is 0 Å². The molecule has 0 heterocycles. The molecule has 0 radical (unpaired) electrons. The Balaban J connectivity index is 2.01. The molecule has 0 aliphatic heterocycles. The largest absolute Gasteiger partial charge is 0.492 e. The number of para-hydroxylation sites is 1. The van der Waals surface area contributed by atoms with E-state index in [2.05, 4.69) is 12.1 Å². The van der Waals surface area contributed by atoms with Gasteiger partial charge < -0.3 is 9.64 Å². The average Bonchev–Trinajstić information content (AvgIpc) is 2.48. The summed E-state index contributed by atoms with van der Waals surface area (Å²) < 4.78 is 5.76. The molecule has 2 rings (SSSR count). The number of rotatable bonds is 5. The SMILES string of the molecule is CN(C)C(=O)c1ccccc1OCCc1ccccc1. The van der Waals surface area contributed by atoms with E-state index in [0.29, 0.717) is 17.9 Å². The van der Waals surface area contributed by atoms with E-state index >= 15 is 0 Å². The fourth-order valence-electron chi connectivity index (χ4n) is 1.93. The normalized spacial score (nSPS) is 10.1. The second kappa shape index (κ2) is 6.75. The Hall–Kier alpha value is -2.29. The van der Waals surface area contributed by atoms with E-state index in [0.717, 1.165) is 6.42 Å². The predicted molar refractivity (Wildman–Crippen MR) is 80.1 cm³/mol. The molecule has 0 aliphatic rings. The van der Waals surface area contributed by atoms with Crippen molar-refractivity contribution in [1.29, 1.82) is 0 Å². The van der Waals surface area contributed by atoms with Crippen molar-refractivity contribution in [2.75, 3.05) is 20.7 Å². The first-order valence-electron chi connectivity index (χ1n) is 6.66. The van der Waals surface area contributed by atoms with Crippen molar-refractivity contribution in [3.8, 4) is 5.75 Å². The van der Waals surface area contributed by atoms with Crippen LogP contribution >= 0.6 is 0 Å². The number of benzene rings is 2. The lowest BCUT2D eigenvalue weighted by atomic mass is 10.1. The molecule has 1 amide bonds. The Labute approximate surface area is 119 Å². The molecule has 0 spiro atoms. The van der Waals surface area contributed by atoms with Gasteiger partial charge in [0.1, 0.15) is 5.75 Å². The van der Waals surface area contributed by atoms with E-state index in [-0.39, 0.29) is 5.91 Å². The highest BCUT2D eigenvalue weighted by Gasteiger charge is 2.13. The van der Waals surface area contributed by atoms with E-state index < -0.39 is 0 Å². The van der Waals surface area contributed by atoms with Crippen LogP contribution in [0.1, 0.15) is 15.9 Å². The smallest absolute Gasteiger partial charge is 0.257 e. The number of carbonyl (C=O) groups excluding carboxylic acids is 1. The highest BCUT2D eigenvalue weighted by atomic mass is 16.5. The minimum atomic E-state index is -0.0414. The monoisotopic (exact) mass is 269 g/mol. The molecular formula is C17H19NO2. The molecule has 0 N–H and O–H groups in total. The molecule has 3 nitrogen and oxygen atoms in total. The van der Waals surface area contributed by atoms with Crippen LogP contribution in [0, 0.1) is 0 Å². The summed E-state index contributed by atoms with van der Waals surface area (Å²) in [7, 11) is 3.48. The Morgan fingerprint density at radius 3 is 2.35 bits per heavy atom. The number of amides is 1. The maximum Gasteiger partial charge on any atom is 0.257 e. The third-order valence-corrected chi connectivity index (χ3v) is 3.01. The van der Waals surface area contributed by atoms with Crippen molar-refractivity contribution in [1.82, 2.24) is 4.90 Å². The van der Waals surface area contributed by atoms with Crippen molar-refractivity contribution in [3.63, 3.8) is 0 Å². The summed E-state index contributed by atoms with van der Waals surface area (Å²) in [4.78, 5) is 13.6. The lowest BCUT2D eigenvalue weighted by molar-refractivity contribution is 0.0823. The van der Waals surface area contributed by atoms with Gasteiger partial charge >= 0.3 is 0 Å². The van der Waals surface area contributed by atoms with Gasteiger partial charge in [-0.05, 0) is 17.7 Å². The zero-order chi connectivity index (χ0) is 14.4. The third kappa shape index (κ3) is 3.60. The topological polar surface area (TPSA) is 29.5 Å². The van der Waals surface area contributed by atoms with Gasteiger partial charge in [0, 0.05) is 20.5 Å². The summed E-state index contributed by atoms with van der Waals surface area (Å²) in [5.74, 6) is 0.599. The van der Waals surface area contributed by atoms with Gasteiger partial charge in [-0.25, -0.2) is 0 Å².